The van der Waals surface area contributed by atoms with Crippen LogP contribution in [0, 0.1) is 0 Å². The number of carboxylic acids is 1. The van der Waals surface area contributed by atoms with Gasteiger partial charge in [-0.25, -0.2) is 8.42 Å². The molecule has 2 heterocycles. The number of carbonyl (C=O) groups is 1. The molecule has 12 nitrogen and oxygen atoms in total. The van der Waals surface area contributed by atoms with Crippen LogP contribution in [0.5, 0.6) is 0 Å². The fourth-order valence-corrected chi connectivity index (χ4v) is 8.31. The van der Waals surface area contributed by atoms with E-state index in [1.165, 1.54) is 24.3 Å². The first-order valence-electron chi connectivity index (χ1n) is 17.6. The Bertz CT molecular complexity index is 2050. The fraction of sp³-hybridized carbons (Fsp3) is 0.436. The number of anilines is 1. The van der Waals surface area contributed by atoms with Crippen LogP contribution in [0.15, 0.2) is 94.4 Å². The number of hydrogen-bond acceptors (Lipinski definition) is 9. The van der Waals surface area contributed by atoms with Gasteiger partial charge in [0.25, 0.3) is 10.1 Å². The highest BCUT2D eigenvalue weighted by Crippen LogP contribution is 2.50. The van der Waals surface area contributed by atoms with Gasteiger partial charge >= 0.3 is 5.97 Å². The van der Waals surface area contributed by atoms with Crippen molar-refractivity contribution in [2.75, 3.05) is 45.4 Å². The lowest BCUT2D eigenvalue weighted by Gasteiger charge is -2.29. The van der Waals surface area contributed by atoms with Gasteiger partial charge in [0, 0.05) is 81.3 Å². The van der Waals surface area contributed by atoms with Crippen molar-refractivity contribution in [3.63, 3.8) is 0 Å². The molecule has 2 N–H and O–H groups in total. The van der Waals surface area contributed by atoms with Gasteiger partial charge in [0.2, 0.25) is 5.69 Å². The summed E-state index contributed by atoms with van der Waals surface area (Å²) in [4.78, 5) is 12.7. The number of rotatable bonds is 19. The topological polar surface area (TPSA) is 174 Å². The van der Waals surface area contributed by atoms with Gasteiger partial charge in [-0.1, -0.05) is 30.4 Å². The molecule has 2 atom stereocenters. The van der Waals surface area contributed by atoms with E-state index in [9.17, 15) is 30.7 Å². The molecular weight excluding hydrogens is 721 g/mol. The van der Waals surface area contributed by atoms with Gasteiger partial charge in [-0.3, -0.25) is 9.35 Å². The molecule has 0 amide bonds. The molecule has 0 bridgehead atoms. The third-order valence-corrected chi connectivity index (χ3v) is 11.8. The van der Waals surface area contributed by atoms with Crippen LogP contribution in [0.3, 0.4) is 0 Å². The third-order valence-electron chi connectivity index (χ3n) is 10.2. The Morgan fingerprint density at radius 3 is 2.11 bits per heavy atom. The highest BCUT2D eigenvalue weighted by molar-refractivity contribution is 7.86. The zero-order valence-corrected chi connectivity index (χ0v) is 32.6. The monoisotopic (exact) mass is 770 g/mol. The summed E-state index contributed by atoms with van der Waals surface area (Å²) in [5.41, 5.74) is 3.77. The second kappa shape index (κ2) is 17.5. The van der Waals surface area contributed by atoms with Crippen LogP contribution >= 0.6 is 0 Å². The van der Waals surface area contributed by atoms with Crippen molar-refractivity contribution in [1.82, 2.24) is 0 Å². The highest BCUT2D eigenvalue weighted by Gasteiger charge is 2.48. The fourth-order valence-electron chi connectivity index (χ4n) is 7.31. The summed E-state index contributed by atoms with van der Waals surface area (Å²) in [5, 5.41) is 9.06. The molecule has 288 valence electrons. The van der Waals surface area contributed by atoms with Crippen molar-refractivity contribution >= 4 is 43.3 Å². The third kappa shape index (κ3) is 9.42. The van der Waals surface area contributed by atoms with Crippen molar-refractivity contribution in [3.05, 3.63) is 95.8 Å². The molecular formula is C39H50N2O10S2. The average molecular weight is 771 g/mol. The van der Waals surface area contributed by atoms with Gasteiger partial charge in [0.1, 0.15) is 16.7 Å². The Labute approximate surface area is 313 Å². The molecule has 2 aromatic rings. The van der Waals surface area contributed by atoms with Crippen LogP contribution < -0.4 is 4.90 Å². The molecule has 4 rings (SSSR count). The molecule has 2 aliphatic rings. The minimum absolute atomic E-state index is 0.0864. The molecule has 0 saturated heterocycles. The summed E-state index contributed by atoms with van der Waals surface area (Å²) in [6.07, 6.45) is 16.6. The van der Waals surface area contributed by atoms with E-state index in [-0.39, 0.29) is 16.2 Å². The second-order valence-corrected chi connectivity index (χ2v) is 16.4. The molecule has 2 aromatic carbocycles. The van der Waals surface area contributed by atoms with Gasteiger partial charge < -0.3 is 24.0 Å². The maximum atomic E-state index is 12.0. The van der Waals surface area contributed by atoms with Crippen LogP contribution in [0.2, 0.25) is 0 Å². The van der Waals surface area contributed by atoms with E-state index in [1.807, 2.05) is 63.3 Å². The molecule has 53 heavy (non-hydrogen) atoms. The van der Waals surface area contributed by atoms with Gasteiger partial charge in [0.05, 0.1) is 15.2 Å². The summed E-state index contributed by atoms with van der Waals surface area (Å²) in [6, 6.07) is 9.13. The van der Waals surface area contributed by atoms with Gasteiger partial charge in [0.15, 0.2) is 5.71 Å². The first-order valence-corrected chi connectivity index (χ1v) is 20.4. The predicted molar refractivity (Wildman–Crippen MR) is 203 cm³/mol. The quantitative estimate of drug-likeness (QED) is 0.0714. The summed E-state index contributed by atoms with van der Waals surface area (Å²) in [5.74, 6) is -0.840. The smallest absolute Gasteiger partial charge is 0.303 e. The Balaban J connectivity index is 1.66. The summed E-state index contributed by atoms with van der Waals surface area (Å²) >= 11 is 0. The van der Waals surface area contributed by atoms with Crippen molar-refractivity contribution in [1.29, 1.82) is 0 Å². The number of aliphatic carboxylic acids is 1. The second-order valence-electron chi connectivity index (χ2n) is 13.6. The van der Waals surface area contributed by atoms with Crippen molar-refractivity contribution in [2.45, 2.75) is 79.9 Å². The number of fused-ring (bicyclic) bond motifs is 2. The van der Waals surface area contributed by atoms with Gasteiger partial charge in [-0.2, -0.15) is 13.0 Å². The van der Waals surface area contributed by atoms with Crippen LogP contribution in [0.4, 0.5) is 11.4 Å². The summed E-state index contributed by atoms with van der Waals surface area (Å²) in [6.45, 7) is 8.10. The summed E-state index contributed by atoms with van der Waals surface area (Å²) in [7, 11) is -5.86. The van der Waals surface area contributed by atoms with Crippen molar-refractivity contribution in [2.24, 2.45) is 0 Å². The lowest BCUT2D eigenvalue weighted by atomic mass is 9.76. The van der Waals surface area contributed by atoms with E-state index in [0.717, 1.165) is 28.3 Å². The van der Waals surface area contributed by atoms with Crippen LogP contribution in [-0.2, 0) is 45.3 Å². The number of likely N-dealkylation sites (N-methyl/N-ethyl adjacent to an activating group) is 1. The number of hydrogen-bond donors (Lipinski definition) is 2. The Morgan fingerprint density at radius 1 is 0.868 bits per heavy atom. The molecule has 0 aromatic heterocycles. The number of ether oxygens (including phenoxy) is 2. The normalized spacial score (nSPS) is 21.2. The van der Waals surface area contributed by atoms with Crippen molar-refractivity contribution in [3.8, 4) is 0 Å². The molecule has 14 heteroatoms. The van der Waals surface area contributed by atoms with Crippen LogP contribution in [-0.4, -0.2) is 87.8 Å². The van der Waals surface area contributed by atoms with E-state index in [0.29, 0.717) is 64.0 Å². The molecule has 0 fully saturated rings. The van der Waals surface area contributed by atoms with E-state index in [4.69, 9.17) is 14.6 Å². The molecule has 0 saturated carbocycles. The van der Waals surface area contributed by atoms with Crippen LogP contribution in [0.1, 0.15) is 70.4 Å². The lowest BCUT2D eigenvalue weighted by molar-refractivity contribution is -0.438. The standard InChI is InChI=1S/C39H50N2O10S2/c1-6-40-33-20-18-29(52(44,45)46)27-31(33)38(2,22-25-50-4)35(40)15-11-8-7-9-12-16-36-39(3,23-26-51-5)32-28-30(53(47,48)49)19-21-34(32)41(36)24-14-10-13-17-37(42)43/h7-9,11-12,15-16,18-21,27-28H,6,10,13-14,17,22-26H2,1-5H3,(H2-,42,43,44,45,46,47,48,49). The first-order chi connectivity index (χ1) is 25.0. The van der Waals surface area contributed by atoms with E-state index in [2.05, 4.69) is 9.48 Å². The zero-order valence-electron chi connectivity index (χ0n) is 30.9. The number of carboxylic acid groups (broad SMARTS) is 1. The maximum Gasteiger partial charge on any atom is 0.303 e. The predicted octanol–water partition coefficient (Wildman–Crippen LogP) is 6.26. The van der Waals surface area contributed by atoms with Gasteiger partial charge in [-0.05, 0) is 88.4 Å². The largest absolute Gasteiger partial charge is 0.744 e. The maximum absolute atomic E-state index is 12.0. The van der Waals surface area contributed by atoms with E-state index < -0.39 is 37.0 Å². The number of benzene rings is 2. The van der Waals surface area contributed by atoms with E-state index in [1.54, 1.807) is 26.4 Å². The highest BCUT2D eigenvalue weighted by atomic mass is 32.2. The Kier molecular flexibility index (Phi) is 13.8. The number of unbranched alkanes of at least 4 members (excludes halogenated alkanes) is 2. The summed E-state index contributed by atoms with van der Waals surface area (Å²) < 4.78 is 82.7. The molecule has 0 radical (unpaired) electrons. The minimum atomic E-state index is -4.69. The van der Waals surface area contributed by atoms with E-state index >= 15 is 0 Å². The van der Waals surface area contributed by atoms with Crippen LogP contribution in [0.25, 0.3) is 0 Å². The number of nitrogens with zero attached hydrogens (tertiary/aromatic N) is 2. The Morgan fingerprint density at radius 2 is 1.49 bits per heavy atom. The van der Waals surface area contributed by atoms with Crippen molar-refractivity contribution < 1.29 is 49.9 Å². The number of allylic oxidation sites excluding steroid dienone is 8. The lowest BCUT2D eigenvalue weighted by Crippen LogP contribution is -2.33. The molecule has 0 aliphatic carbocycles. The molecule has 0 spiro atoms. The first kappa shape index (κ1) is 41.8. The Hall–Kier alpha value is -3.92. The average Bonchev–Trinajstić information content (AvgIpc) is 3.48. The number of methoxy groups -OCH3 is 2. The minimum Gasteiger partial charge on any atom is -0.744 e. The molecule has 2 unspecified atom stereocenters. The molecule has 2 aliphatic heterocycles. The SMILES string of the molecule is CCN1/C(=C/C=C/C=C/C=C/C2=[N+](CCCCCC(=O)O)c3ccc(S(=O)(=O)[O-])cc3C2(C)CCOC)C(C)(CCOC)c2cc(S(=O)(=O)O)ccc21. The van der Waals surface area contributed by atoms with Gasteiger partial charge in [-0.15, -0.1) is 0 Å². The zero-order chi connectivity index (χ0) is 39.0.